The van der Waals surface area contributed by atoms with Gasteiger partial charge in [-0.15, -0.1) is 0 Å². The molecule has 0 atom stereocenters. The first-order chi connectivity index (χ1) is 8.97. The predicted molar refractivity (Wildman–Crippen MR) is 69.2 cm³/mol. The molecule has 2 rings (SSSR count). The minimum atomic E-state index is -1.02. The largest absolute Gasteiger partial charge is 0.478 e. The molecule has 19 heavy (non-hydrogen) atoms. The van der Waals surface area contributed by atoms with E-state index < -0.39 is 5.97 Å². The van der Waals surface area contributed by atoms with Crippen LogP contribution in [0.25, 0.3) is 0 Å². The number of aromatic nitrogens is 2. The summed E-state index contributed by atoms with van der Waals surface area (Å²) in [5, 5.41) is 12.0. The molecule has 0 amide bonds. The minimum absolute atomic E-state index is 0.130. The second kappa shape index (κ2) is 5.09. The first-order valence-corrected chi connectivity index (χ1v) is 5.85. The van der Waals surface area contributed by atoms with Gasteiger partial charge < -0.3 is 14.8 Å². The van der Waals surface area contributed by atoms with Crippen LogP contribution in [-0.4, -0.2) is 21.0 Å². The average Bonchev–Trinajstić information content (AvgIpc) is 2.66. The Kier molecular flexibility index (Phi) is 3.50. The van der Waals surface area contributed by atoms with E-state index in [1.165, 1.54) is 6.07 Å². The SMILES string of the molecule is Cc1ccc(C(=O)O)c(NCc2nc(C)c(C)o2)n1. The molecule has 0 aliphatic rings. The van der Waals surface area contributed by atoms with Crippen molar-refractivity contribution in [3.05, 3.63) is 40.7 Å². The van der Waals surface area contributed by atoms with Crippen LogP contribution < -0.4 is 5.32 Å². The van der Waals surface area contributed by atoms with Crippen LogP contribution in [0, 0.1) is 20.8 Å². The molecule has 0 bridgehead atoms. The summed E-state index contributed by atoms with van der Waals surface area (Å²) >= 11 is 0. The summed E-state index contributed by atoms with van der Waals surface area (Å²) in [6, 6.07) is 3.19. The van der Waals surface area contributed by atoms with Crippen LogP contribution in [0.4, 0.5) is 5.82 Å². The van der Waals surface area contributed by atoms with Gasteiger partial charge >= 0.3 is 5.97 Å². The Hall–Kier alpha value is -2.37. The highest BCUT2D eigenvalue weighted by atomic mass is 16.4. The number of hydrogen-bond donors (Lipinski definition) is 2. The highest BCUT2D eigenvalue weighted by Gasteiger charge is 2.12. The molecule has 6 nitrogen and oxygen atoms in total. The van der Waals surface area contributed by atoms with E-state index in [2.05, 4.69) is 15.3 Å². The fraction of sp³-hybridized carbons (Fsp3) is 0.308. The molecule has 0 aliphatic carbocycles. The molecule has 0 aliphatic heterocycles. The van der Waals surface area contributed by atoms with Gasteiger partial charge in [0, 0.05) is 5.69 Å². The maximum absolute atomic E-state index is 11.1. The van der Waals surface area contributed by atoms with Gasteiger partial charge in [0.2, 0.25) is 5.89 Å². The zero-order valence-corrected chi connectivity index (χ0v) is 11.0. The van der Waals surface area contributed by atoms with Crippen molar-refractivity contribution in [2.24, 2.45) is 0 Å². The Morgan fingerprint density at radius 3 is 2.63 bits per heavy atom. The third kappa shape index (κ3) is 2.90. The zero-order chi connectivity index (χ0) is 14.0. The second-order valence-electron chi connectivity index (χ2n) is 4.26. The molecule has 100 valence electrons. The van der Waals surface area contributed by atoms with Gasteiger partial charge in [0.15, 0.2) is 0 Å². The molecular weight excluding hydrogens is 246 g/mol. The fourth-order valence-electron chi connectivity index (χ4n) is 1.64. The van der Waals surface area contributed by atoms with Gasteiger partial charge in [-0.1, -0.05) is 0 Å². The lowest BCUT2D eigenvalue weighted by Crippen LogP contribution is -2.09. The van der Waals surface area contributed by atoms with Gasteiger partial charge in [-0.05, 0) is 32.9 Å². The average molecular weight is 261 g/mol. The van der Waals surface area contributed by atoms with Crippen LogP contribution in [0.15, 0.2) is 16.5 Å². The number of oxazole rings is 1. The van der Waals surface area contributed by atoms with Crippen molar-refractivity contribution in [2.75, 3.05) is 5.32 Å². The normalized spacial score (nSPS) is 10.5. The van der Waals surface area contributed by atoms with Crippen LogP contribution >= 0.6 is 0 Å². The summed E-state index contributed by atoms with van der Waals surface area (Å²) in [5.41, 5.74) is 1.70. The Labute approximate surface area is 110 Å². The number of nitrogens with zero attached hydrogens (tertiary/aromatic N) is 2. The highest BCUT2D eigenvalue weighted by molar-refractivity contribution is 5.93. The van der Waals surface area contributed by atoms with E-state index in [0.717, 1.165) is 17.1 Å². The molecule has 2 heterocycles. The van der Waals surface area contributed by atoms with E-state index in [1.807, 2.05) is 13.8 Å². The van der Waals surface area contributed by atoms with Crippen molar-refractivity contribution >= 4 is 11.8 Å². The molecule has 0 saturated heterocycles. The third-order valence-corrected chi connectivity index (χ3v) is 2.74. The van der Waals surface area contributed by atoms with Crippen molar-refractivity contribution in [3.63, 3.8) is 0 Å². The van der Waals surface area contributed by atoms with E-state index in [4.69, 9.17) is 9.52 Å². The van der Waals surface area contributed by atoms with Gasteiger partial charge in [-0.2, -0.15) is 0 Å². The lowest BCUT2D eigenvalue weighted by atomic mass is 10.2. The molecule has 0 unspecified atom stereocenters. The van der Waals surface area contributed by atoms with Crippen LogP contribution in [0.1, 0.15) is 33.4 Å². The standard InChI is InChI=1S/C13H15N3O3/c1-7-4-5-10(13(17)18)12(15-7)14-6-11-16-8(2)9(3)19-11/h4-5H,6H2,1-3H3,(H,14,15)(H,17,18). The Morgan fingerprint density at radius 2 is 2.05 bits per heavy atom. The quantitative estimate of drug-likeness (QED) is 0.878. The third-order valence-electron chi connectivity index (χ3n) is 2.74. The topological polar surface area (TPSA) is 88.2 Å². The van der Waals surface area contributed by atoms with E-state index in [1.54, 1.807) is 13.0 Å². The van der Waals surface area contributed by atoms with Crippen LogP contribution in [-0.2, 0) is 6.54 Å². The molecule has 0 spiro atoms. The number of hydrogen-bond acceptors (Lipinski definition) is 5. The molecule has 2 N–H and O–H groups in total. The van der Waals surface area contributed by atoms with Crippen molar-refractivity contribution in [2.45, 2.75) is 27.3 Å². The second-order valence-corrected chi connectivity index (χ2v) is 4.26. The Balaban J connectivity index is 2.19. The molecule has 2 aromatic rings. The van der Waals surface area contributed by atoms with E-state index in [0.29, 0.717) is 18.3 Å². The fourth-order valence-corrected chi connectivity index (χ4v) is 1.64. The van der Waals surface area contributed by atoms with Crippen molar-refractivity contribution in [1.82, 2.24) is 9.97 Å². The lowest BCUT2D eigenvalue weighted by molar-refractivity contribution is 0.0697. The van der Waals surface area contributed by atoms with Gasteiger partial charge in [0.25, 0.3) is 0 Å². The smallest absolute Gasteiger partial charge is 0.339 e. The van der Waals surface area contributed by atoms with Gasteiger partial charge in [-0.25, -0.2) is 14.8 Å². The number of pyridine rings is 1. The van der Waals surface area contributed by atoms with E-state index in [-0.39, 0.29) is 5.56 Å². The predicted octanol–water partition coefficient (Wildman–Crippen LogP) is 2.31. The monoisotopic (exact) mass is 261 g/mol. The molecule has 0 fully saturated rings. The van der Waals surface area contributed by atoms with Gasteiger partial charge in [-0.3, -0.25) is 0 Å². The summed E-state index contributed by atoms with van der Waals surface area (Å²) in [6.45, 7) is 5.79. The highest BCUT2D eigenvalue weighted by Crippen LogP contribution is 2.15. The number of carboxylic acids is 1. The molecular formula is C13H15N3O3. The van der Waals surface area contributed by atoms with E-state index >= 15 is 0 Å². The van der Waals surface area contributed by atoms with Gasteiger partial charge in [0.05, 0.1) is 12.2 Å². The first kappa shape index (κ1) is 13.1. The molecule has 2 aromatic heterocycles. The van der Waals surface area contributed by atoms with Crippen LogP contribution in [0.2, 0.25) is 0 Å². The summed E-state index contributed by atoms with van der Waals surface area (Å²) < 4.78 is 5.42. The molecule has 0 saturated carbocycles. The zero-order valence-electron chi connectivity index (χ0n) is 11.0. The van der Waals surface area contributed by atoms with E-state index in [9.17, 15) is 4.79 Å². The number of rotatable bonds is 4. The number of anilines is 1. The first-order valence-electron chi connectivity index (χ1n) is 5.85. The van der Waals surface area contributed by atoms with Crippen molar-refractivity contribution in [3.8, 4) is 0 Å². The summed E-state index contributed by atoms with van der Waals surface area (Å²) in [4.78, 5) is 19.5. The maximum Gasteiger partial charge on any atom is 0.339 e. The van der Waals surface area contributed by atoms with Gasteiger partial charge in [0.1, 0.15) is 17.1 Å². The summed E-state index contributed by atoms with van der Waals surface area (Å²) in [6.07, 6.45) is 0. The van der Waals surface area contributed by atoms with Crippen molar-refractivity contribution < 1.29 is 14.3 Å². The summed E-state index contributed by atoms with van der Waals surface area (Å²) in [7, 11) is 0. The van der Waals surface area contributed by atoms with Crippen LogP contribution in [0.5, 0.6) is 0 Å². The molecule has 0 aromatic carbocycles. The Bertz CT molecular complexity index is 600. The number of carboxylic acid groups (broad SMARTS) is 1. The number of nitrogens with one attached hydrogen (secondary N) is 1. The minimum Gasteiger partial charge on any atom is -0.478 e. The lowest BCUT2D eigenvalue weighted by Gasteiger charge is -2.07. The van der Waals surface area contributed by atoms with Crippen LogP contribution in [0.3, 0.4) is 0 Å². The van der Waals surface area contributed by atoms with Crippen molar-refractivity contribution in [1.29, 1.82) is 0 Å². The number of aromatic carboxylic acids is 1. The number of aryl methyl sites for hydroxylation is 3. The Morgan fingerprint density at radius 1 is 1.32 bits per heavy atom. The molecule has 0 radical (unpaired) electrons. The maximum atomic E-state index is 11.1. The number of carbonyl (C=O) groups is 1. The summed E-state index contributed by atoms with van der Waals surface area (Å²) in [5.74, 6) is 0.567. The molecule has 6 heteroatoms.